The van der Waals surface area contributed by atoms with Gasteiger partial charge in [0.05, 0.1) is 0 Å². The molecule has 1 N–H and O–H groups in total. The molecule has 0 unspecified atom stereocenters. The summed E-state index contributed by atoms with van der Waals surface area (Å²) in [6.07, 6.45) is 19.6. The van der Waals surface area contributed by atoms with E-state index >= 15 is 0 Å². The molecule has 0 heterocycles. The van der Waals surface area contributed by atoms with Crippen molar-refractivity contribution < 1.29 is 24.8 Å². The van der Waals surface area contributed by atoms with Gasteiger partial charge in [-0.3, -0.25) is 9.35 Å². The number of rotatable bonds is 16. The van der Waals surface area contributed by atoms with E-state index in [1.165, 1.54) is 44.9 Å². The summed E-state index contributed by atoms with van der Waals surface area (Å²) in [5, 5.41) is 0. The summed E-state index contributed by atoms with van der Waals surface area (Å²) in [5.41, 5.74) is 0. The van der Waals surface area contributed by atoms with Gasteiger partial charge in [-0.2, -0.15) is 8.42 Å². The maximum atomic E-state index is 11.0. The molecule has 25 heavy (non-hydrogen) atoms. The molecule has 0 aromatic heterocycles. The minimum absolute atomic E-state index is 0. The molecule has 5 nitrogen and oxygen atoms in total. The van der Waals surface area contributed by atoms with Crippen molar-refractivity contribution in [2.45, 2.75) is 96.8 Å². The average Bonchev–Trinajstić information content (AvgIpc) is 2.49. The van der Waals surface area contributed by atoms with Crippen LogP contribution in [0.2, 0.25) is 0 Å². The number of carbonyl (C=O) groups is 1. The molecule has 0 aliphatic rings. The van der Waals surface area contributed by atoms with Crippen molar-refractivity contribution in [3.8, 4) is 0 Å². The summed E-state index contributed by atoms with van der Waals surface area (Å²) in [6, 6.07) is 0. The van der Waals surface area contributed by atoms with Gasteiger partial charge in [0.2, 0.25) is 0 Å². The Morgan fingerprint density at radius 2 is 1.32 bits per heavy atom. The Labute approximate surface area is 173 Å². The number of allylic oxidation sites excluding steroid dienone is 2. The molecule has 0 amide bonds. The van der Waals surface area contributed by atoms with Gasteiger partial charge >= 0.3 is 39.4 Å². The molecule has 0 rings (SSSR count). The fraction of sp³-hybridized carbons (Fsp3) is 0.833. The maximum absolute atomic E-state index is 11.0. The molecule has 0 aliphatic heterocycles. The third-order valence-electron chi connectivity index (χ3n) is 3.84. The summed E-state index contributed by atoms with van der Waals surface area (Å²) in [7, 11) is -4.65. The summed E-state index contributed by atoms with van der Waals surface area (Å²) in [4.78, 5) is 11.0. The van der Waals surface area contributed by atoms with Crippen molar-refractivity contribution in [1.82, 2.24) is 0 Å². The van der Waals surface area contributed by atoms with Crippen LogP contribution in [0.5, 0.6) is 0 Å². The Morgan fingerprint density at radius 3 is 1.80 bits per heavy atom. The molecular weight excluding hydrogens is 353 g/mol. The number of carbonyl (C=O) groups excluding carboxylic acids is 1. The van der Waals surface area contributed by atoms with Gasteiger partial charge in [0, 0.05) is 6.42 Å². The second-order valence-corrected chi connectivity index (χ2v) is 7.24. The molecule has 146 valence electrons. The fourth-order valence-corrected chi connectivity index (χ4v) is 2.82. The van der Waals surface area contributed by atoms with E-state index in [9.17, 15) is 13.2 Å². The Bertz CT molecular complexity index is 445. The predicted octanol–water partition coefficient (Wildman–Crippen LogP) is 5.21. The summed E-state index contributed by atoms with van der Waals surface area (Å²) in [5.74, 6) is -0.893. The first kappa shape index (κ1) is 27.1. The van der Waals surface area contributed by atoms with E-state index in [-0.39, 0.29) is 32.3 Å². The first-order valence-electron chi connectivity index (χ1n) is 9.30. The smallest absolute Gasteiger partial charge is 1.00 e. The van der Waals surface area contributed by atoms with Gasteiger partial charge in [0.1, 0.15) is 0 Å². The Morgan fingerprint density at radius 1 is 0.880 bits per heavy atom. The topological polar surface area (TPSA) is 80.7 Å². The van der Waals surface area contributed by atoms with Crippen LogP contribution in [0.3, 0.4) is 0 Å². The minimum atomic E-state index is -4.65. The Kier molecular flexibility index (Phi) is 20.2. The van der Waals surface area contributed by atoms with Crippen molar-refractivity contribution in [2.24, 2.45) is 0 Å². The van der Waals surface area contributed by atoms with Crippen LogP contribution in [0.1, 0.15) is 99.7 Å². The molecular formula is C18H36MgO5S. The SMILES string of the molecule is CCCCCCCCC=CCCCCCCCC(=O)OS(=O)(=O)O.[H-].[H-].[Mg+2]. The van der Waals surface area contributed by atoms with Gasteiger partial charge in [-0.1, -0.05) is 70.4 Å². The maximum Gasteiger partial charge on any atom is 2.00 e. The molecule has 0 fully saturated rings. The zero-order chi connectivity index (χ0) is 18.1. The molecule has 0 aliphatic carbocycles. The first-order chi connectivity index (χ1) is 11.5. The molecule has 0 saturated carbocycles. The predicted molar refractivity (Wildman–Crippen MR) is 105 cm³/mol. The average molecular weight is 389 g/mol. The standard InChI is InChI=1S/C18H34O5S.Mg.2H/c1-2-3-4-5-6-7-8-9-10-11-12-13-14-15-16-17-18(19)23-24(20,21)22;;;/h9-10H,2-8,11-17H2,1H3,(H,20,21,22);;;/q;+2;2*-1. The summed E-state index contributed by atoms with van der Waals surface area (Å²) in [6.45, 7) is 2.24. The zero-order valence-corrected chi connectivity index (χ0v) is 18.0. The Balaban J connectivity index is -0.000000882. The van der Waals surface area contributed by atoms with Crippen LogP contribution in [-0.2, 0) is 19.4 Å². The van der Waals surface area contributed by atoms with E-state index in [1.54, 1.807) is 0 Å². The van der Waals surface area contributed by atoms with Gasteiger partial charge in [-0.25, -0.2) is 0 Å². The van der Waals surface area contributed by atoms with Crippen molar-refractivity contribution in [2.75, 3.05) is 0 Å². The third kappa shape index (κ3) is 23.9. The van der Waals surface area contributed by atoms with E-state index in [1.807, 2.05) is 0 Å². The monoisotopic (exact) mass is 388 g/mol. The zero-order valence-electron chi connectivity index (χ0n) is 17.7. The van der Waals surface area contributed by atoms with Gasteiger partial charge < -0.3 is 7.04 Å². The number of hydrogen-bond acceptors (Lipinski definition) is 4. The number of unbranched alkanes of at least 4 members (excludes halogenated alkanes) is 11. The van der Waals surface area contributed by atoms with Gasteiger partial charge in [-0.05, 0) is 32.1 Å². The molecule has 0 spiro atoms. The third-order valence-corrected chi connectivity index (χ3v) is 4.24. The largest absolute Gasteiger partial charge is 2.00 e. The van der Waals surface area contributed by atoms with Crippen LogP contribution in [0.25, 0.3) is 0 Å². The second-order valence-electron chi connectivity index (χ2n) is 6.22. The second kappa shape index (κ2) is 18.7. The van der Waals surface area contributed by atoms with Crippen LogP contribution in [0.4, 0.5) is 0 Å². The normalized spacial score (nSPS) is 11.4. The molecule has 0 saturated heterocycles. The van der Waals surface area contributed by atoms with E-state index in [0.717, 1.165) is 32.1 Å². The minimum Gasteiger partial charge on any atom is -1.00 e. The van der Waals surface area contributed by atoms with E-state index in [4.69, 9.17) is 4.55 Å². The quantitative estimate of drug-likeness (QED) is 0.170. The van der Waals surface area contributed by atoms with E-state index < -0.39 is 16.4 Å². The van der Waals surface area contributed by atoms with Crippen molar-refractivity contribution in [3.63, 3.8) is 0 Å². The van der Waals surface area contributed by atoms with Crippen LogP contribution >= 0.6 is 0 Å². The molecule has 0 aromatic carbocycles. The summed E-state index contributed by atoms with van der Waals surface area (Å²) < 4.78 is 32.8. The van der Waals surface area contributed by atoms with Gasteiger partial charge in [-0.15, -0.1) is 0 Å². The number of hydrogen-bond donors (Lipinski definition) is 1. The van der Waals surface area contributed by atoms with Crippen molar-refractivity contribution in [3.05, 3.63) is 12.2 Å². The summed E-state index contributed by atoms with van der Waals surface area (Å²) >= 11 is 0. The molecule has 7 heteroatoms. The van der Waals surface area contributed by atoms with Gasteiger partial charge in [0.15, 0.2) is 0 Å². The van der Waals surface area contributed by atoms with E-state index in [2.05, 4.69) is 23.3 Å². The molecule has 0 atom stereocenters. The fourth-order valence-electron chi connectivity index (χ4n) is 2.50. The van der Waals surface area contributed by atoms with Crippen molar-refractivity contribution in [1.29, 1.82) is 0 Å². The van der Waals surface area contributed by atoms with Crippen LogP contribution in [0, 0.1) is 0 Å². The van der Waals surface area contributed by atoms with Gasteiger partial charge in [0.25, 0.3) is 0 Å². The van der Waals surface area contributed by atoms with Crippen LogP contribution < -0.4 is 0 Å². The van der Waals surface area contributed by atoms with Crippen molar-refractivity contribution >= 4 is 39.4 Å². The van der Waals surface area contributed by atoms with Crippen LogP contribution in [-0.4, -0.2) is 42.0 Å². The van der Waals surface area contributed by atoms with E-state index in [0.29, 0.717) is 6.42 Å². The first-order valence-corrected chi connectivity index (χ1v) is 10.7. The molecule has 0 bridgehead atoms. The van der Waals surface area contributed by atoms with Crippen LogP contribution in [0.15, 0.2) is 12.2 Å². The molecule has 0 aromatic rings. The molecule has 0 radical (unpaired) electrons. The Hall–Kier alpha value is -0.114.